The minimum absolute atomic E-state index is 0.00307. The average molecular weight is 539 g/mol. The van der Waals surface area contributed by atoms with Gasteiger partial charge in [-0.2, -0.15) is 0 Å². The van der Waals surface area contributed by atoms with Crippen LogP contribution in [-0.2, 0) is 27.7 Å². The maximum atomic E-state index is 12.4. The van der Waals surface area contributed by atoms with E-state index in [0.29, 0.717) is 0 Å². The second kappa shape index (κ2) is 8.76. The molecule has 10 atom stereocenters. The molecule has 4 aliphatic rings. The zero-order chi connectivity index (χ0) is 25.3. The first-order valence-corrected chi connectivity index (χ1v) is 13.9. The molecule has 35 heavy (non-hydrogen) atoms. The highest BCUT2D eigenvalue weighted by atomic mass is 31.2. The van der Waals surface area contributed by atoms with E-state index in [0.717, 1.165) is 10.9 Å². The highest BCUT2D eigenvalue weighted by molar-refractivity contribution is 7.70. The van der Waals surface area contributed by atoms with Crippen LogP contribution >= 0.6 is 15.2 Å². The van der Waals surface area contributed by atoms with E-state index in [2.05, 4.69) is 9.97 Å². The molecule has 0 radical (unpaired) electrons. The van der Waals surface area contributed by atoms with Gasteiger partial charge in [-0.1, -0.05) is 0 Å². The molecular weight excluding hydrogens is 516 g/mol. The smallest absolute Gasteiger partial charge is 0.340 e. The van der Waals surface area contributed by atoms with Gasteiger partial charge in [-0.3, -0.25) is 23.7 Å². The normalized spacial score (nSPS) is 44.6. The molecule has 17 nitrogen and oxygen atoms in total. The molecule has 0 amide bonds. The summed E-state index contributed by atoms with van der Waals surface area (Å²) in [6.07, 6.45) is -9.22. The fourth-order valence-electron chi connectivity index (χ4n) is 4.21. The highest BCUT2D eigenvalue weighted by Gasteiger charge is 2.48. The molecule has 19 heteroatoms. The predicted octanol–water partition coefficient (Wildman–Crippen LogP) is -2.67. The Kier molecular flexibility index (Phi) is 6.28. The number of fused-ring (bicyclic) bond motifs is 7. The molecule has 6 rings (SSSR count). The van der Waals surface area contributed by atoms with Crippen LogP contribution in [0, 0.1) is 5.41 Å². The zero-order valence-corrected chi connectivity index (χ0v) is 19.5. The number of aliphatic hydroxyl groups excluding tert-OH is 4. The van der Waals surface area contributed by atoms with Crippen LogP contribution in [0.1, 0.15) is 12.5 Å². The Balaban J connectivity index is 1.58. The summed E-state index contributed by atoms with van der Waals surface area (Å²) >= 11 is 0. The Hall–Kier alpha value is -1.59. The number of nitrogens with one attached hydrogen (secondary N) is 1. The summed E-state index contributed by atoms with van der Waals surface area (Å²) in [5.41, 5.74) is -0.204. The molecular formula is C16H23N5O12P2. The zero-order valence-electron chi connectivity index (χ0n) is 17.7. The van der Waals surface area contributed by atoms with Crippen LogP contribution in [0.5, 0.6) is 0 Å². The van der Waals surface area contributed by atoms with E-state index < -0.39 is 83.4 Å². The number of nitrogens with zero attached hydrogens (tertiary/aromatic N) is 4. The lowest BCUT2D eigenvalue weighted by atomic mass is 10.1. The van der Waals surface area contributed by atoms with E-state index in [1.807, 2.05) is 0 Å². The molecule has 0 spiro atoms. The summed E-state index contributed by atoms with van der Waals surface area (Å²) in [6, 6.07) is 0. The Bertz CT molecular complexity index is 1290. The van der Waals surface area contributed by atoms with Crippen LogP contribution < -0.4 is 5.49 Å². The van der Waals surface area contributed by atoms with Gasteiger partial charge in [0.2, 0.25) is 0 Å². The monoisotopic (exact) mass is 539 g/mol. The minimum atomic E-state index is -4.76. The molecule has 4 unspecified atom stereocenters. The largest absolute Gasteiger partial charge is 0.387 e. The molecule has 0 aliphatic carbocycles. The molecule has 0 aromatic carbocycles. The molecule has 7 N–H and O–H groups in total. The van der Waals surface area contributed by atoms with Crippen molar-refractivity contribution in [3.63, 3.8) is 0 Å². The van der Waals surface area contributed by atoms with Gasteiger partial charge in [0.05, 0.1) is 19.5 Å². The van der Waals surface area contributed by atoms with Crippen molar-refractivity contribution in [1.82, 2.24) is 19.1 Å². The first-order valence-electron chi connectivity index (χ1n) is 10.3. The molecule has 2 aromatic rings. The second-order valence-corrected chi connectivity index (χ2v) is 12.6. The first kappa shape index (κ1) is 25.1. The minimum Gasteiger partial charge on any atom is -0.387 e. The number of rotatable bonds is 0. The van der Waals surface area contributed by atoms with Gasteiger partial charge in [0.15, 0.2) is 35.0 Å². The van der Waals surface area contributed by atoms with Crippen molar-refractivity contribution in [2.45, 2.75) is 49.1 Å². The van der Waals surface area contributed by atoms with Gasteiger partial charge in [-0.15, -0.1) is 0 Å². The topological polar surface area (TPSA) is 252 Å². The second-order valence-electron chi connectivity index (χ2n) is 8.42. The molecule has 4 aliphatic heterocycles. The Morgan fingerprint density at radius 1 is 0.829 bits per heavy atom. The molecule has 2 saturated heterocycles. The summed E-state index contributed by atoms with van der Waals surface area (Å²) in [4.78, 5) is 28.4. The molecule has 6 heterocycles. The van der Waals surface area contributed by atoms with Gasteiger partial charge < -0.3 is 48.7 Å². The van der Waals surface area contributed by atoms with E-state index >= 15 is 0 Å². The van der Waals surface area contributed by atoms with Crippen LogP contribution in [0.4, 0.5) is 0 Å². The third-order valence-electron chi connectivity index (χ3n) is 6.02. The van der Waals surface area contributed by atoms with Crippen molar-refractivity contribution in [2.24, 2.45) is 0 Å². The summed E-state index contributed by atoms with van der Waals surface area (Å²) < 4.78 is 47.9. The van der Waals surface area contributed by atoms with Crippen LogP contribution in [-0.4, -0.2) is 105 Å². The predicted molar refractivity (Wildman–Crippen MR) is 110 cm³/mol. The quantitative estimate of drug-likeness (QED) is 0.169. The SMILES string of the molecule is N=c1c2ncn3c2ncn1C1O[C@H](COP(=O)(O)CP(=O)(O)OC[C@H]2OC3[C@H](O)[C@@H]2O)[C@@H](O)[C@H]1O. The lowest BCUT2D eigenvalue weighted by molar-refractivity contribution is -0.0532. The Labute approximate surface area is 195 Å². The van der Waals surface area contributed by atoms with Crippen LogP contribution in [0.15, 0.2) is 12.7 Å². The Morgan fingerprint density at radius 3 is 1.86 bits per heavy atom. The van der Waals surface area contributed by atoms with Crippen molar-refractivity contribution < 1.29 is 57.9 Å². The van der Waals surface area contributed by atoms with E-state index in [4.69, 9.17) is 23.9 Å². The van der Waals surface area contributed by atoms with Crippen molar-refractivity contribution >= 4 is 26.4 Å². The fraction of sp³-hybridized carbons (Fsp3) is 0.688. The van der Waals surface area contributed by atoms with Gasteiger partial charge in [-0.25, -0.2) is 9.97 Å². The van der Waals surface area contributed by atoms with E-state index in [9.17, 15) is 39.3 Å². The van der Waals surface area contributed by atoms with Gasteiger partial charge in [0.1, 0.15) is 43.0 Å². The molecule has 2 fully saturated rings. The summed E-state index contributed by atoms with van der Waals surface area (Å²) in [5, 5.41) is 50.2. The van der Waals surface area contributed by atoms with Gasteiger partial charge in [-0.05, 0) is 0 Å². The van der Waals surface area contributed by atoms with Gasteiger partial charge >= 0.3 is 15.2 Å². The summed E-state index contributed by atoms with van der Waals surface area (Å²) in [5.74, 6) is -1.32. The number of aromatic nitrogens is 4. The van der Waals surface area contributed by atoms with E-state index in [-0.39, 0.29) is 16.7 Å². The van der Waals surface area contributed by atoms with Crippen LogP contribution in [0.3, 0.4) is 0 Å². The van der Waals surface area contributed by atoms with Crippen LogP contribution in [0.2, 0.25) is 0 Å². The highest BCUT2D eigenvalue weighted by Crippen LogP contribution is 2.58. The van der Waals surface area contributed by atoms with Crippen LogP contribution in [0.25, 0.3) is 11.2 Å². The average Bonchev–Trinajstić information content (AvgIpc) is 3.41. The Morgan fingerprint density at radius 2 is 1.31 bits per heavy atom. The van der Waals surface area contributed by atoms with Crippen molar-refractivity contribution in [1.29, 1.82) is 5.41 Å². The first-order chi connectivity index (χ1) is 16.4. The summed E-state index contributed by atoms with van der Waals surface area (Å²) in [7, 11) is -9.51. The molecule has 8 bridgehead atoms. The van der Waals surface area contributed by atoms with Crippen molar-refractivity contribution in [3.05, 3.63) is 18.1 Å². The lowest BCUT2D eigenvalue weighted by Crippen LogP contribution is -2.36. The van der Waals surface area contributed by atoms with Gasteiger partial charge in [0.25, 0.3) is 0 Å². The van der Waals surface area contributed by atoms with E-state index in [1.54, 1.807) is 0 Å². The molecule has 0 saturated carbocycles. The third kappa shape index (κ3) is 4.41. The number of imidazole rings is 1. The standard InChI is InChI=1S/C16H23N5O12P2/c17-13-8-14-19-4-20(13)15-11(24)9(22)6(32-15)1-30-34(26,27)5-35(28,29)31-2-7-10(23)12(25)16(33-7)21(14)3-18-8/h3-4,6-7,9-12,15-17,22-25H,1-2,5H2,(H,26,27)(H,28,29)/t6-,7-,9-,10-,11-,12-,15?,16?/m1/s1. The number of ether oxygens (including phenoxy) is 2. The molecule has 2 aromatic heterocycles. The molecule has 194 valence electrons. The lowest BCUT2D eigenvalue weighted by Gasteiger charge is -2.21. The van der Waals surface area contributed by atoms with Crippen molar-refractivity contribution in [2.75, 3.05) is 19.1 Å². The van der Waals surface area contributed by atoms with E-state index in [1.165, 1.54) is 10.9 Å². The maximum absolute atomic E-state index is 12.4. The number of hydrogen-bond donors (Lipinski definition) is 7. The summed E-state index contributed by atoms with van der Waals surface area (Å²) in [6.45, 7) is -1.45. The van der Waals surface area contributed by atoms with Gasteiger partial charge in [0, 0.05) is 0 Å². The number of hydrogen-bond acceptors (Lipinski definition) is 13. The fourth-order valence-corrected chi connectivity index (χ4v) is 7.43. The maximum Gasteiger partial charge on any atom is 0.340 e. The number of aliphatic hydroxyl groups is 4. The van der Waals surface area contributed by atoms with Crippen molar-refractivity contribution in [3.8, 4) is 0 Å². The third-order valence-corrected chi connectivity index (χ3v) is 9.98.